The third-order valence-corrected chi connectivity index (χ3v) is 5.35. The van der Waals surface area contributed by atoms with Crippen LogP contribution in [0, 0.1) is 5.82 Å². The van der Waals surface area contributed by atoms with Gasteiger partial charge in [0.2, 0.25) is 0 Å². The molecule has 1 aromatic carbocycles. The summed E-state index contributed by atoms with van der Waals surface area (Å²) in [5, 5.41) is 2.84. The first-order valence-electron chi connectivity index (χ1n) is 8.13. The summed E-state index contributed by atoms with van der Waals surface area (Å²) in [6, 6.07) is 6.03. The number of aromatic amines is 1. The molecule has 4 aromatic rings. The van der Waals surface area contributed by atoms with Crippen LogP contribution in [0.3, 0.4) is 0 Å². The number of nitrogens with zero attached hydrogens (tertiary/aromatic N) is 3. The molecular formula is C18H13FN4O2S. The van der Waals surface area contributed by atoms with Gasteiger partial charge in [0, 0.05) is 35.6 Å². The van der Waals surface area contributed by atoms with Gasteiger partial charge in [-0.3, -0.25) is 4.79 Å². The molecular weight excluding hydrogens is 355 g/mol. The summed E-state index contributed by atoms with van der Waals surface area (Å²) in [5.41, 5.74) is 1.87. The molecule has 0 saturated heterocycles. The van der Waals surface area contributed by atoms with Crippen molar-refractivity contribution in [3.05, 3.63) is 70.1 Å². The summed E-state index contributed by atoms with van der Waals surface area (Å²) in [4.78, 5) is 26.3. The summed E-state index contributed by atoms with van der Waals surface area (Å²) in [5.74, 6) is -0.118. The van der Waals surface area contributed by atoms with Crippen LogP contribution < -0.4 is 0 Å². The van der Waals surface area contributed by atoms with Crippen molar-refractivity contribution < 1.29 is 13.6 Å². The number of halogens is 1. The number of benzene rings is 1. The molecule has 6 nitrogen and oxygen atoms in total. The molecule has 1 amide bonds. The van der Waals surface area contributed by atoms with Gasteiger partial charge in [-0.05, 0) is 12.1 Å². The van der Waals surface area contributed by atoms with Gasteiger partial charge in [0.25, 0.3) is 5.91 Å². The Morgan fingerprint density at radius 3 is 3.12 bits per heavy atom. The standard InChI is InChI=1S/C18H13FN4O2S/c19-11-3-1-2-10-8-13(25-16(10)11)15-14-12(21-9-22-14)4-6-23(15)18(24)17-20-5-7-26-17/h1-3,5,7-9,15H,4,6H2,(H,21,22)/t15-/m1/s1. The lowest BCUT2D eigenvalue weighted by atomic mass is 10.00. The zero-order chi connectivity index (χ0) is 17.7. The predicted molar refractivity (Wildman–Crippen MR) is 93.5 cm³/mol. The highest BCUT2D eigenvalue weighted by molar-refractivity contribution is 7.11. The Bertz CT molecular complexity index is 1100. The fraction of sp³-hybridized carbons (Fsp3) is 0.167. The van der Waals surface area contributed by atoms with Gasteiger partial charge in [0.05, 0.1) is 12.0 Å². The highest BCUT2D eigenvalue weighted by atomic mass is 32.1. The topological polar surface area (TPSA) is 75.0 Å². The summed E-state index contributed by atoms with van der Waals surface area (Å²) in [6.07, 6.45) is 3.88. The second-order valence-electron chi connectivity index (χ2n) is 6.06. The summed E-state index contributed by atoms with van der Waals surface area (Å²) in [7, 11) is 0. The number of imidazole rings is 1. The van der Waals surface area contributed by atoms with E-state index in [1.807, 2.05) is 0 Å². The number of amides is 1. The number of furan rings is 1. The van der Waals surface area contributed by atoms with Gasteiger partial charge in [-0.1, -0.05) is 12.1 Å². The minimum absolute atomic E-state index is 0.181. The fourth-order valence-electron chi connectivity index (χ4n) is 3.42. The van der Waals surface area contributed by atoms with Crippen molar-refractivity contribution in [1.29, 1.82) is 0 Å². The number of hydrogen-bond acceptors (Lipinski definition) is 5. The molecule has 0 fully saturated rings. The van der Waals surface area contributed by atoms with E-state index < -0.39 is 11.9 Å². The third kappa shape index (κ3) is 2.26. The van der Waals surface area contributed by atoms with E-state index in [0.29, 0.717) is 29.1 Å². The zero-order valence-corrected chi connectivity index (χ0v) is 14.3. The zero-order valence-electron chi connectivity index (χ0n) is 13.5. The molecule has 130 valence electrons. The maximum atomic E-state index is 14.1. The predicted octanol–water partition coefficient (Wildman–Crippen LogP) is 3.54. The Kier molecular flexibility index (Phi) is 3.39. The van der Waals surface area contributed by atoms with Crippen molar-refractivity contribution in [1.82, 2.24) is 19.9 Å². The van der Waals surface area contributed by atoms with E-state index in [2.05, 4.69) is 15.0 Å². The van der Waals surface area contributed by atoms with Crippen LogP contribution in [0.2, 0.25) is 0 Å². The van der Waals surface area contributed by atoms with E-state index in [4.69, 9.17) is 4.42 Å². The van der Waals surface area contributed by atoms with Gasteiger partial charge < -0.3 is 14.3 Å². The smallest absolute Gasteiger partial charge is 0.283 e. The number of para-hydroxylation sites is 1. The SMILES string of the molecule is O=C(c1nccs1)N1CCc2[nH]cnc2[C@H]1c1cc2cccc(F)c2o1. The second kappa shape index (κ2) is 5.77. The number of hydrogen-bond donors (Lipinski definition) is 1. The van der Waals surface area contributed by atoms with E-state index in [1.54, 1.807) is 41.0 Å². The molecule has 0 unspecified atom stereocenters. The number of rotatable bonds is 2. The second-order valence-corrected chi connectivity index (χ2v) is 6.96. The first kappa shape index (κ1) is 15.3. The van der Waals surface area contributed by atoms with Crippen molar-refractivity contribution >= 4 is 28.2 Å². The Morgan fingerprint density at radius 2 is 2.31 bits per heavy atom. The summed E-state index contributed by atoms with van der Waals surface area (Å²) >= 11 is 1.29. The van der Waals surface area contributed by atoms with Gasteiger partial charge in [-0.2, -0.15) is 0 Å². The lowest BCUT2D eigenvalue weighted by Gasteiger charge is -2.33. The van der Waals surface area contributed by atoms with Gasteiger partial charge in [-0.15, -0.1) is 11.3 Å². The van der Waals surface area contributed by atoms with Crippen LogP contribution >= 0.6 is 11.3 Å². The molecule has 4 heterocycles. The van der Waals surface area contributed by atoms with E-state index >= 15 is 0 Å². The lowest BCUT2D eigenvalue weighted by molar-refractivity contribution is 0.0672. The fourth-order valence-corrected chi connectivity index (χ4v) is 4.01. The van der Waals surface area contributed by atoms with Crippen molar-refractivity contribution in [2.75, 3.05) is 6.54 Å². The average molecular weight is 368 g/mol. The average Bonchev–Trinajstić information content (AvgIpc) is 3.39. The maximum absolute atomic E-state index is 14.1. The molecule has 0 spiro atoms. The number of aromatic nitrogens is 3. The summed E-state index contributed by atoms with van der Waals surface area (Å²) < 4.78 is 19.9. The molecule has 0 aliphatic carbocycles. The minimum Gasteiger partial charge on any atom is -0.455 e. The number of thiazole rings is 1. The van der Waals surface area contributed by atoms with Crippen molar-refractivity contribution in [3.8, 4) is 0 Å². The molecule has 5 rings (SSSR count). The number of carbonyl (C=O) groups excluding carboxylic acids is 1. The Morgan fingerprint density at radius 1 is 1.38 bits per heavy atom. The quantitative estimate of drug-likeness (QED) is 0.587. The molecule has 26 heavy (non-hydrogen) atoms. The molecule has 0 radical (unpaired) electrons. The number of carbonyl (C=O) groups is 1. The van der Waals surface area contributed by atoms with E-state index in [0.717, 1.165) is 11.4 Å². The van der Waals surface area contributed by atoms with Crippen molar-refractivity contribution in [3.63, 3.8) is 0 Å². The Labute approximate surface area is 151 Å². The van der Waals surface area contributed by atoms with Crippen LogP contribution in [-0.4, -0.2) is 32.3 Å². The monoisotopic (exact) mass is 368 g/mol. The van der Waals surface area contributed by atoms with Gasteiger partial charge in [0.15, 0.2) is 16.4 Å². The Balaban J connectivity index is 1.66. The Hall–Kier alpha value is -3.00. The van der Waals surface area contributed by atoms with Crippen LogP contribution in [-0.2, 0) is 6.42 Å². The molecule has 1 aliphatic rings. The maximum Gasteiger partial charge on any atom is 0.283 e. The minimum atomic E-state index is -0.520. The van der Waals surface area contributed by atoms with Gasteiger partial charge in [-0.25, -0.2) is 14.4 Å². The molecule has 1 N–H and O–H groups in total. The first-order valence-corrected chi connectivity index (χ1v) is 9.01. The number of H-pyrrole nitrogens is 1. The largest absolute Gasteiger partial charge is 0.455 e. The molecule has 1 atom stereocenters. The normalized spacial score (nSPS) is 16.8. The van der Waals surface area contributed by atoms with Crippen LogP contribution in [0.15, 0.2) is 46.6 Å². The van der Waals surface area contributed by atoms with Crippen molar-refractivity contribution in [2.24, 2.45) is 0 Å². The highest BCUT2D eigenvalue weighted by Gasteiger charge is 2.37. The summed E-state index contributed by atoms with van der Waals surface area (Å²) in [6.45, 7) is 0.498. The van der Waals surface area contributed by atoms with E-state index in [9.17, 15) is 9.18 Å². The van der Waals surface area contributed by atoms with Gasteiger partial charge >= 0.3 is 0 Å². The molecule has 3 aromatic heterocycles. The van der Waals surface area contributed by atoms with Crippen LogP contribution in [0.5, 0.6) is 0 Å². The van der Waals surface area contributed by atoms with Crippen LogP contribution in [0.25, 0.3) is 11.0 Å². The molecule has 0 saturated carbocycles. The number of fused-ring (bicyclic) bond motifs is 2. The van der Waals surface area contributed by atoms with Crippen molar-refractivity contribution in [2.45, 2.75) is 12.5 Å². The van der Waals surface area contributed by atoms with Crippen LogP contribution in [0.4, 0.5) is 4.39 Å². The first-order chi connectivity index (χ1) is 12.7. The highest BCUT2D eigenvalue weighted by Crippen LogP contribution is 2.37. The third-order valence-electron chi connectivity index (χ3n) is 4.59. The van der Waals surface area contributed by atoms with Crippen LogP contribution in [0.1, 0.15) is 33.0 Å². The number of nitrogens with one attached hydrogen (secondary N) is 1. The molecule has 0 bridgehead atoms. The van der Waals surface area contributed by atoms with E-state index in [1.165, 1.54) is 17.4 Å². The van der Waals surface area contributed by atoms with E-state index in [-0.39, 0.29) is 11.5 Å². The lowest BCUT2D eigenvalue weighted by Crippen LogP contribution is -2.40. The van der Waals surface area contributed by atoms with Gasteiger partial charge in [0.1, 0.15) is 11.8 Å². The molecule has 1 aliphatic heterocycles. The molecule has 8 heteroatoms.